The van der Waals surface area contributed by atoms with Crippen LogP contribution >= 0.6 is 11.8 Å². The second kappa shape index (κ2) is 8.24. The number of sulfonamides is 1. The number of benzene rings is 2. The van der Waals surface area contributed by atoms with Crippen LogP contribution in [0.3, 0.4) is 0 Å². The van der Waals surface area contributed by atoms with Crippen LogP contribution < -0.4 is 4.72 Å². The first-order valence-corrected chi connectivity index (χ1v) is 10.4. The van der Waals surface area contributed by atoms with Gasteiger partial charge in [-0.05, 0) is 64.1 Å². The van der Waals surface area contributed by atoms with Gasteiger partial charge in [0.2, 0.25) is 10.0 Å². The molecule has 0 spiro atoms. The number of hydrogen-bond donors (Lipinski definition) is 1. The normalized spacial score (nSPS) is 13.2. The zero-order valence-corrected chi connectivity index (χ0v) is 16.9. The number of carbonyl (C=O) groups is 1. The SMILES string of the molecule is C[C@@H](NS(=O)(=O)c1ccc(Sc2ccccc2)cc1)C(=O)OC(C)(C)C. The first kappa shape index (κ1) is 20.5. The Bertz CT molecular complexity index is 841. The van der Waals surface area contributed by atoms with E-state index in [0.717, 1.165) is 9.79 Å². The number of nitrogens with one attached hydrogen (secondary N) is 1. The minimum absolute atomic E-state index is 0.102. The molecule has 0 unspecified atom stereocenters. The molecule has 0 aliphatic rings. The molecule has 140 valence electrons. The van der Waals surface area contributed by atoms with E-state index in [4.69, 9.17) is 4.74 Å². The van der Waals surface area contributed by atoms with Crippen molar-refractivity contribution in [2.75, 3.05) is 0 Å². The molecular weight excluding hydrogens is 370 g/mol. The molecule has 2 aromatic carbocycles. The summed E-state index contributed by atoms with van der Waals surface area (Å²) in [6.07, 6.45) is 0. The van der Waals surface area contributed by atoms with E-state index in [0.29, 0.717) is 0 Å². The molecule has 0 radical (unpaired) electrons. The number of carbonyl (C=O) groups excluding carboxylic acids is 1. The zero-order valence-electron chi connectivity index (χ0n) is 15.2. The standard InChI is InChI=1S/C19H23NO4S2/c1-14(18(21)24-19(2,3)4)20-26(22,23)17-12-10-16(11-13-17)25-15-8-6-5-7-9-15/h5-14,20H,1-4H3/t14-/m1/s1. The summed E-state index contributed by atoms with van der Waals surface area (Å²) in [4.78, 5) is 14.1. The molecular formula is C19H23NO4S2. The quantitative estimate of drug-likeness (QED) is 0.755. The number of esters is 1. The third kappa shape index (κ3) is 6.16. The average Bonchev–Trinajstić information content (AvgIpc) is 2.54. The summed E-state index contributed by atoms with van der Waals surface area (Å²) in [5.74, 6) is -0.614. The minimum Gasteiger partial charge on any atom is -0.459 e. The Morgan fingerprint density at radius 1 is 1.00 bits per heavy atom. The minimum atomic E-state index is -3.81. The van der Waals surface area contributed by atoms with Crippen LogP contribution in [-0.2, 0) is 19.6 Å². The molecule has 2 aromatic rings. The summed E-state index contributed by atoms with van der Waals surface area (Å²) in [7, 11) is -3.81. The van der Waals surface area contributed by atoms with Gasteiger partial charge in [-0.3, -0.25) is 4.79 Å². The molecule has 26 heavy (non-hydrogen) atoms. The largest absolute Gasteiger partial charge is 0.459 e. The summed E-state index contributed by atoms with van der Waals surface area (Å²) in [5.41, 5.74) is -0.674. The lowest BCUT2D eigenvalue weighted by atomic mass is 10.2. The molecule has 0 aromatic heterocycles. The number of rotatable bonds is 6. The van der Waals surface area contributed by atoms with Gasteiger partial charge in [0.15, 0.2) is 0 Å². The van der Waals surface area contributed by atoms with Gasteiger partial charge in [0.25, 0.3) is 0 Å². The molecule has 0 bridgehead atoms. The van der Waals surface area contributed by atoms with E-state index < -0.39 is 27.6 Å². The molecule has 1 atom stereocenters. The maximum absolute atomic E-state index is 12.5. The van der Waals surface area contributed by atoms with E-state index in [1.54, 1.807) is 44.7 Å². The van der Waals surface area contributed by atoms with E-state index in [-0.39, 0.29) is 4.90 Å². The van der Waals surface area contributed by atoms with Crippen molar-refractivity contribution in [3.8, 4) is 0 Å². The van der Waals surface area contributed by atoms with E-state index >= 15 is 0 Å². The molecule has 0 aliphatic carbocycles. The highest BCUT2D eigenvalue weighted by molar-refractivity contribution is 7.99. The van der Waals surface area contributed by atoms with Crippen LogP contribution in [-0.4, -0.2) is 26.0 Å². The summed E-state index contributed by atoms with van der Waals surface area (Å²) in [5, 5.41) is 0. The van der Waals surface area contributed by atoms with Crippen LogP contribution in [0.2, 0.25) is 0 Å². The third-order valence-corrected chi connectivity index (χ3v) is 5.78. The Kier molecular flexibility index (Phi) is 6.49. The molecule has 1 N–H and O–H groups in total. The van der Waals surface area contributed by atoms with Crippen LogP contribution in [0.5, 0.6) is 0 Å². The second-order valence-electron chi connectivity index (χ2n) is 6.76. The highest BCUT2D eigenvalue weighted by atomic mass is 32.2. The smallest absolute Gasteiger partial charge is 0.324 e. The lowest BCUT2D eigenvalue weighted by molar-refractivity contribution is -0.156. The predicted octanol–water partition coefficient (Wildman–Crippen LogP) is 3.85. The highest BCUT2D eigenvalue weighted by Crippen LogP contribution is 2.28. The Morgan fingerprint density at radius 2 is 1.54 bits per heavy atom. The van der Waals surface area contributed by atoms with Gasteiger partial charge in [-0.2, -0.15) is 4.72 Å². The lowest BCUT2D eigenvalue weighted by Crippen LogP contribution is -2.42. The van der Waals surface area contributed by atoms with Crippen LogP contribution in [0, 0.1) is 0 Å². The Hall–Kier alpha value is -1.83. The van der Waals surface area contributed by atoms with Crippen molar-refractivity contribution in [3.05, 3.63) is 54.6 Å². The Morgan fingerprint density at radius 3 is 2.08 bits per heavy atom. The van der Waals surface area contributed by atoms with Crippen molar-refractivity contribution in [2.24, 2.45) is 0 Å². The van der Waals surface area contributed by atoms with Crippen LogP contribution in [0.1, 0.15) is 27.7 Å². The van der Waals surface area contributed by atoms with E-state index in [9.17, 15) is 13.2 Å². The first-order chi connectivity index (χ1) is 12.1. The van der Waals surface area contributed by atoms with Crippen molar-refractivity contribution in [3.63, 3.8) is 0 Å². The summed E-state index contributed by atoms with van der Waals surface area (Å²) < 4.78 is 32.5. The van der Waals surface area contributed by atoms with Gasteiger partial charge in [0.1, 0.15) is 11.6 Å². The molecule has 0 saturated carbocycles. The predicted molar refractivity (Wildman–Crippen MR) is 103 cm³/mol. The fourth-order valence-corrected chi connectivity index (χ4v) is 4.08. The maximum atomic E-state index is 12.5. The summed E-state index contributed by atoms with van der Waals surface area (Å²) in [6, 6.07) is 15.4. The first-order valence-electron chi connectivity index (χ1n) is 8.15. The van der Waals surface area contributed by atoms with E-state index in [1.165, 1.54) is 19.1 Å². The van der Waals surface area contributed by atoms with Gasteiger partial charge in [-0.1, -0.05) is 30.0 Å². The van der Waals surface area contributed by atoms with Crippen LogP contribution in [0.25, 0.3) is 0 Å². The molecule has 0 fully saturated rings. The fourth-order valence-electron chi connectivity index (χ4n) is 2.05. The van der Waals surface area contributed by atoms with Crippen LogP contribution in [0.15, 0.2) is 69.3 Å². The molecule has 0 aliphatic heterocycles. The van der Waals surface area contributed by atoms with Gasteiger partial charge < -0.3 is 4.74 Å². The summed E-state index contributed by atoms with van der Waals surface area (Å²) in [6.45, 7) is 6.66. The van der Waals surface area contributed by atoms with Crippen molar-refractivity contribution < 1.29 is 17.9 Å². The van der Waals surface area contributed by atoms with Gasteiger partial charge in [0, 0.05) is 9.79 Å². The zero-order chi connectivity index (χ0) is 19.4. The molecule has 0 saturated heterocycles. The summed E-state index contributed by atoms with van der Waals surface area (Å²) >= 11 is 1.54. The fraction of sp³-hybridized carbons (Fsp3) is 0.316. The molecule has 2 rings (SSSR count). The van der Waals surface area contributed by atoms with Gasteiger partial charge in [0.05, 0.1) is 4.90 Å². The Labute approximate surface area is 159 Å². The average molecular weight is 394 g/mol. The number of ether oxygens (including phenoxy) is 1. The monoisotopic (exact) mass is 393 g/mol. The molecule has 0 heterocycles. The van der Waals surface area contributed by atoms with Gasteiger partial charge in [-0.25, -0.2) is 8.42 Å². The van der Waals surface area contributed by atoms with Crippen molar-refractivity contribution in [1.29, 1.82) is 0 Å². The molecule has 0 amide bonds. The van der Waals surface area contributed by atoms with Crippen molar-refractivity contribution in [2.45, 2.75) is 54.0 Å². The maximum Gasteiger partial charge on any atom is 0.324 e. The van der Waals surface area contributed by atoms with Crippen molar-refractivity contribution >= 4 is 27.8 Å². The Balaban J connectivity index is 2.05. The van der Waals surface area contributed by atoms with Gasteiger partial charge in [-0.15, -0.1) is 0 Å². The second-order valence-corrected chi connectivity index (χ2v) is 9.62. The van der Waals surface area contributed by atoms with Crippen LogP contribution in [0.4, 0.5) is 0 Å². The highest BCUT2D eigenvalue weighted by Gasteiger charge is 2.26. The topological polar surface area (TPSA) is 72.5 Å². The van der Waals surface area contributed by atoms with Gasteiger partial charge >= 0.3 is 5.97 Å². The third-order valence-electron chi connectivity index (χ3n) is 3.21. The molecule has 7 heteroatoms. The number of hydrogen-bond acceptors (Lipinski definition) is 5. The van der Waals surface area contributed by atoms with E-state index in [1.807, 2.05) is 30.3 Å². The van der Waals surface area contributed by atoms with E-state index in [2.05, 4.69) is 4.72 Å². The van der Waals surface area contributed by atoms with Crippen molar-refractivity contribution in [1.82, 2.24) is 4.72 Å². The lowest BCUT2D eigenvalue weighted by Gasteiger charge is -2.22. The molecule has 5 nitrogen and oxygen atoms in total.